The highest BCUT2D eigenvalue weighted by molar-refractivity contribution is 5.85. The quantitative estimate of drug-likeness (QED) is 0.799. The van der Waals surface area contributed by atoms with Crippen LogP contribution in [0.4, 0.5) is 0 Å². The van der Waals surface area contributed by atoms with Crippen molar-refractivity contribution in [2.75, 3.05) is 19.6 Å². The molecule has 3 heteroatoms. The van der Waals surface area contributed by atoms with Crippen LogP contribution in [0.2, 0.25) is 0 Å². The summed E-state index contributed by atoms with van der Waals surface area (Å²) in [4.78, 5) is 2.70. The standard InChI is InChI=1S/C15H30N2.ClH/c1-13(16)15-9-6-10-17(12-15)11-14-7-4-2-3-5-8-14;/h13-15H,2-12,16H2,1H3;1H. The van der Waals surface area contributed by atoms with Crippen molar-refractivity contribution in [3.8, 4) is 0 Å². The lowest BCUT2D eigenvalue weighted by atomic mass is 9.90. The van der Waals surface area contributed by atoms with Gasteiger partial charge in [0.15, 0.2) is 0 Å². The molecule has 0 aromatic rings. The van der Waals surface area contributed by atoms with Gasteiger partial charge in [-0.15, -0.1) is 12.4 Å². The highest BCUT2D eigenvalue weighted by Gasteiger charge is 2.24. The van der Waals surface area contributed by atoms with Gasteiger partial charge in [0.25, 0.3) is 0 Å². The molecule has 0 aromatic carbocycles. The van der Waals surface area contributed by atoms with Gasteiger partial charge < -0.3 is 10.6 Å². The van der Waals surface area contributed by atoms with Gasteiger partial charge >= 0.3 is 0 Å². The molecule has 2 unspecified atom stereocenters. The molecule has 0 amide bonds. The van der Waals surface area contributed by atoms with E-state index in [-0.39, 0.29) is 12.4 Å². The van der Waals surface area contributed by atoms with Crippen molar-refractivity contribution >= 4 is 12.4 Å². The zero-order valence-corrected chi connectivity index (χ0v) is 12.8. The molecule has 1 saturated carbocycles. The fourth-order valence-electron chi connectivity index (χ4n) is 3.60. The summed E-state index contributed by atoms with van der Waals surface area (Å²) in [5, 5.41) is 0. The van der Waals surface area contributed by atoms with E-state index in [1.807, 2.05) is 0 Å². The van der Waals surface area contributed by atoms with Crippen molar-refractivity contribution in [2.45, 2.75) is 64.3 Å². The number of nitrogens with two attached hydrogens (primary N) is 1. The Kier molecular flexibility index (Phi) is 7.59. The summed E-state index contributed by atoms with van der Waals surface area (Å²) in [5.74, 6) is 1.72. The summed E-state index contributed by atoms with van der Waals surface area (Å²) in [6, 6.07) is 0.381. The Balaban J connectivity index is 0.00000162. The highest BCUT2D eigenvalue weighted by Crippen LogP contribution is 2.26. The number of nitrogens with zero attached hydrogens (tertiary/aromatic N) is 1. The Morgan fingerprint density at radius 2 is 1.72 bits per heavy atom. The van der Waals surface area contributed by atoms with Crippen molar-refractivity contribution in [1.82, 2.24) is 4.90 Å². The molecule has 1 heterocycles. The lowest BCUT2D eigenvalue weighted by Gasteiger charge is -2.36. The van der Waals surface area contributed by atoms with Crippen LogP contribution >= 0.6 is 12.4 Å². The van der Waals surface area contributed by atoms with Gasteiger partial charge in [0.2, 0.25) is 0 Å². The van der Waals surface area contributed by atoms with E-state index < -0.39 is 0 Å². The number of halogens is 1. The van der Waals surface area contributed by atoms with Gasteiger partial charge in [0, 0.05) is 19.1 Å². The van der Waals surface area contributed by atoms with E-state index in [1.165, 1.54) is 71.0 Å². The summed E-state index contributed by atoms with van der Waals surface area (Å²) in [7, 11) is 0. The van der Waals surface area contributed by atoms with E-state index in [0.29, 0.717) is 6.04 Å². The minimum Gasteiger partial charge on any atom is -0.328 e. The van der Waals surface area contributed by atoms with Crippen molar-refractivity contribution in [3.05, 3.63) is 0 Å². The Morgan fingerprint density at radius 1 is 1.06 bits per heavy atom. The fourth-order valence-corrected chi connectivity index (χ4v) is 3.60. The van der Waals surface area contributed by atoms with Gasteiger partial charge in [0.1, 0.15) is 0 Å². The predicted molar refractivity (Wildman–Crippen MR) is 81.3 cm³/mol. The lowest BCUT2D eigenvalue weighted by Crippen LogP contribution is -2.44. The average molecular weight is 275 g/mol. The summed E-state index contributed by atoms with van der Waals surface area (Å²) in [5.41, 5.74) is 6.06. The molecule has 0 spiro atoms. The molecular weight excluding hydrogens is 244 g/mol. The van der Waals surface area contributed by atoms with Crippen LogP contribution in [0, 0.1) is 11.8 Å². The van der Waals surface area contributed by atoms with Gasteiger partial charge in [-0.25, -0.2) is 0 Å². The van der Waals surface area contributed by atoms with Crippen molar-refractivity contribution in [2.24, 2.45) is 17.6 Å². The molecule has 2 N–H and O–H groups in total. The SMILES string of the molecule is CC(N)C1CCCN(CC2CCCCCC2)C1.Cl. The molecule has 18 heavy (non-hydrogen) atoms. The Hall–Kier alpha value is 0.210. The van der Waals surface area contributed by atoms with Gasteiger partial charge in [-0.2, -0.15) is 0 Å². The van der Waals surface area contributed by atoms with Gasteiger partial charge in [-0.05, 0) is 51.0 Å². The summed E-state index contributed by atoms with van der Waals surface area (Å²) < 4.78 is 0. The van der Waals surface area contributed by atoms with E-state index in [4.69, 9.17) is 5.73 Å². The van der Waals surface area contributed by atoms with Crippen molar-refractivity contribution < 1.29 is 0 Å². The van der Waals surface area contributed by atoms with Crippen LogP contribution in [0.15, 0.2) is 0 Å². The van der Waals surface area contributed by atoms with Crippen LogP contribution in [-0.2, 0) is 0 Å². The Morgan fingerprint density at radius 3 is 2.33 bits per heavy atom. The normalized spacial score (nSPS) is 29.3. The van der Waals surface area contributed by atoms with E-state index in [9.17, 15) is 0 Å². The summed E-state index contributed by atoms with van der Waals surface area (Å²) >= 11 is 0. The zero-order valence-electron chi connectivity index (χ0n) is 11.9. The molecule has 108 valence electrons. The van der Waals surface area contributed by atoms with Gasteiger partial charge in [0.05, 0.1) is 0 Å². The third kappa shape index (κ3) is 5.07. The van der Waals surface area contributed by atoms with Gasteiger partial charge in [-0.3, -0.25) is 0 Å². The molecule has 0 radical (unpaired) electrons. The largest absolute Gasteiger partial charge is 0.328 e. The predicted octanol–water partition coefficient (Wildman–Crippen LogP) is 3.44. The maximum Gasteiger partial charge on any atom is 0.00509 e. The van der Waals surface area contributed by atoms with Crippen LogP contribution in [0.3, 0.4) is 0 Å². The zero-order chi connectivity index (χ0) is 12.1. The van der Waals surface area contributed by atoms with Crippen LogP contribution < -0.4 is 5.73 Å². The third-order valence-corrected chi connectivity index (χ3v) is 4.78. The van der Waals surface area contributed by atoms with Crippen LogP contribution in [0.25, 0.3) is 0 Å². The molecule has 2 atom stereocenters. The van der Waals surface area contributed by atoms with E-state index in [0.717, 1.165) is 11.8 Å². The van der Waals surface area contributed by atoms with E-state index in [2.05, 4.69) is 11.8 Å². The minimum atomic E-state index is 0. The first-order valence-electron chi connectivity index (χ1n) is 7.73. The highest BCUT2D eigenvalue weighted by atomic mass is 35.5. The second kappa shape index (κ2) is 8.39. The number of hydrogen-bond donors (Lipinski definition) is 1. The Bertz CT molecular complexity index is 213. The summed E-state index contributed by atoms with van der Waals surface area (Å²) in [6.45, 7) is 6.11. The third-order valence-electron chi connectivity index (χ3n) is 4.78. The molecule has 0 bridgehead atoms. The first-order chi connectivity index (χ1) is 8.25. The number of likely N-dealkylation sites (tertiary alicyclic amines) is 1. The minimum absolute atomic E-state index is 0. The first-order valence-corrected chi connectivity index (χ1v) is 7.73. The molecule has 2 nitrogen and oxygen atoms in total. The molecule has 1 aliphatic carbocycles. The lowest BCUT2D eigenvalue weighted by molar-refractivity contribution is 0.135. The average Bonchev–Trinajstić information content (AvgIpc) is 2.58. The smallest absolute Gasteiger partial charge is 0.00509 e. The first kappa shape index (κ1) is 16.3. The molecule has 2 aliphatic rings. The maximum absolute atomic E-state index is 6.06. The van der Waals surface area contributed by atoms with Crippen LogP contribution in [0.5, 0.6) is 0 Å². The van der Waals surface area contributed by atoms with Gasteiger partial charge in [-0.1, -0.05) is 25.7 Å². The molecule has 1 saturated heterocycles. The van der Waals surface area contributed by atoms with Crippen molar-refractivity contribution in [3.63, 3.8) is 0 Å². The maximum atomic E-state index is 6.06. The van der Waals surface area contributed by atoms with Crippen LogP contribution in [0.1, 0.15) is 58.3 Å². The van der Waals surface area contributed by atoms with E-state index >= 15 is 0 Å². The molecule has 2 fully saturated rings. The monoisotopic (exact) mass is 274 g/mol. The van der Waals surface area contributed by atoms with E-state index in [1.54, 1.807) is 0 Å². The fraction of sp³-hybridized carbons (Fsp3) is 1.00. The number of hydrogen-bond acceptors (Lipinski definition) is 2. The molecular formula is C15H31ClN2. The Labute approximate surface area is 119 Å². The number of piperidine rings is 1. The van der Waals surface area contributed by atoms with Crippen molar-refractivity contribution in [1.29, 1.82) is 0 Å². The molecule has 2 rings (SSSR count). The number of rotatable bonds is 3. The molecule has 1 aliphatic heterocycles. The van der Waals surface area contributed by atoms with Crippen LogP contribution in [-0.4, -0.2) is 30.6 Å². The topological polar surface area (TPSA) is 29.3 Å². The summed E-state index contributed by atoms with van der Waals surface area (Å²) in [6.07, 6.45) is 11.5. The second-order valence-electron chi connectivity index (χ2n) is 6.38. The molecule has 0 aromatic heterocycles. The second-order valence-corrected chi connectivity index (χ2v) is 6.38.